The van der Waals surface area contributed by atoms with Crippen molar-refractivity contribution in [1.29, 1.82) is 0 Å². The van der Waals surface area contributed by atoms with Crippen LogP contribution in [0.25, 0.3) is 0 Å². The third-order valence-electron chi connectivity index (χ3n) is 6.24. The highest BCUT2D eigenvalue weighted by Gasteiger charge is 2.39. The van der Waals surface area contributed by atoms with Crippen molar-refractivity contribution < 1.29 is 5.11 Å². The summed E-state index contributed by atoms with van der Waals surface area (Å²) in [5.74, 6) is 1.49. The second-order valence-electron chi connectivity index (χ2n) is 7.68. The van der Waals surface area contributed by atoms with Gasteiger partial charge >= 0.3 is 0 Å². The van der Waals surface area contributed by atoms with Crippen LogP contribution in [0.3, 0.4) is 0 Å². The normalized spacial score (nSPS) is 34.4. The van der Waals surface area contributed by atoms with Crippen LogP contribution in [0.5, 0.6) is 0 Å². The highest BCUT2D eigenvalue weighted by atomic mass is 16.3. The Morgan fingerprint density at radius 2 is 1.80 bits per heavy atom. The van der Waals surface area contributed by atoms with Crippen LogP contribution in [0.1, 0.15) is 59.3 Å². The average Bonchev–Trinajstić information content (AvgIpc) is 2.47. The monoisotopic (exact) mass is 282 g/mol. The number of nitrogens with two attached hydrogens (primary N) is 1. The van der Waals surface area contributed by atoms with Crippen LogP contribution in [-0.2, 0) is 0 Å². The molecule has 1 saturated heterocycles. The van der Waals surface area contributed by atoms with Crippen LogP contribution in [0.4, 0.5) is 0 Å². The molecule has 0 spiro atoms. The maximum atomic E-state index is 9.72. The minimum absolute atomic E-state index is 0.0750. The van der Waals surface area contributed by atoms with Crippen LogP contribution in [-0.4, -0.2) is 41.8 Å². The summed E-state index contributed by atoms with van der Waals surface area (Å²) in [6, 6.07) is 0.650. The zero-order chi connectivity index (χ0) is 14.8. The summed E-state index contributed by atoms with van der Waals surface area (Å²) >= 11 is 0. The van der Waals surface area contributed by atoms with Gasteiger partial charge in [-0.2, -0.15) is 0 Å². The maximum absolute atomic E-state index is 9.72. The number of rotatable bonds is 4. The van der Waals surface area contributed by atoms with Gasteiger partial charge in [0.2, 0.25) is 0 Å². The fraction of sp³-hybridized carbons (Fsp3) is 1.00. The Morgan fingerprint density at radius 3 is 2.35 bits per heavy atom. The van der Waals surface area contributed by atoms with Crippen LogP contribution in [0.2, 0.25) is 0 Å². The minimum atomic E-state index is -0.0750. The second kappa shape index (κ2) is 6.76. The Hall–Kier alpha value is -0.120. The van der Waals surface area contributed by atoms with Gasteiger partial charge in [-0.1, -0.05) is 27.2 Å². The van der Waals surface area contributed by atoms with Gasteiger partial charge in [-0.3, -0.25) is 4.90 Å². The van der Waals surface area contributed by atoms with Gasteiger partial charge in [0.15, 0.2) is 0 Å². The second-order valence-corrected chi connectivity index (χ2v) is 7.68. The van der Waals surface area contributed by atoms with E-state index in [1.54, 1.807) is 0 Å². The Morgan fingerprint density at radius 1 is 1.15 bits per heavy atom. The lowest BCUT2D eigenvalue weighted by Crippen LogP contribution is -2.51. The topological polar surface area (TPSA) is 49.5 Å². The Kier molecular flexibility index (Phi) is 5.49. The van der Waals surface area contributed by atoms with Gasteiger partial charge in [-0.25, -0.2) is 0 Å². The molecule has 3 N–H and O–H groups in total. The number of likely N-dealkylation sites (tertiary alicyclic amines) is 1. The van der Waals surface area contributed by atoms with E-state index in [1.165, 1.54) is 25.7 Å². The van der Waals surface area contributed by atoms with Gasteiger partial charge in [0.1, 0.15) is 0 Å². The van der Waals surface area contributed by atoms with Crippen LogP contribution in [0, 0.1) is 17.3 Å². The highest BCUT2D eigenvalue weighted by molar-refractivity contribution is 4.93. The fourth-order valence-corrected chi connectivity index (χ4v) is 4.15. The number of piperidine rings is 1. The van der Waals surface area contributed by atoms with Crippen molar-refractivity contribution >= 4 is 0 Å². The first-order chi connectivity index (χ1) is 9.47. The highest BCUT2D eigenvalue weighted by Crippen LogP contribution is 2.43. The minimum Gasteiger partial charge on any atom is -0.393 e. The lowest BCUT2D eigenvalue weighted by molar-refractivity contribution is 0.00165. The smallest absolute Gasteiger partial charge is 0.0564 e. The summed E-state index contributed by atoms with van der Waals surface area (Å²) in [7, 11) is 0. The molecule has 3 unspecified atom stereocenters. The summed E-state index contributed by atoms with van der Waals surface area (Å²) in [6.07, 6.45) is 7.00. The van der Waals surface area contributed by atoms with E-state index in [0.717, 1.165) is 38.4 Å². The molecule has 3 nitrogen and oxygen atoms in total. The molecule has 1 saturated carbocycles. The summed E-state index contributed by atoms with van der Waals surface area (Å²) in [6.45, 7) is 10.1. The Bertz CT molecular complexity index is 297. The molecule has 3 heteroatoms. The van der Waals surface area contributed by atoms with Crippen molar-refractivity contribution in [1.82, 2.24) is 4.90 Å². The van der Waals surface area contributed by atoms with E-state index in [2.05, 4.69) is 25.7 Å². The molecule has 2 rings (SSSR count). The molecule has 0 aromatic heterocycles. The quantitative estimate of drug-likeness (QED) is 0.833. The van der Waals surface area contributed by atoms with E-state index in [4.69, 9.17) is 5.73 Å². The zero-order valence-corrected chi connectivity index (χ0v) is 13.6. The SMILES string of the molecule is CCC(C)(C)C1CCC(CN)C(N2CCC(O)CC2)C1. The predicted molar refractivity (Wildman–Crippen MR) is 84.6 cm³/mol. The lowest BCUT2D eigenvalue weighted by atomic mass is 9.65. The molecule has 20 heavy (non-hydrogen) atoms. The van der Waals surface area contributed by atoms with E-state index in [1.807, 2.05) is 0 Å². The summed E-state index contributed by atoms with van der Waals surface area (Å²) in [4.78, 5) is 2.63. The van der Waals surface area contributed by atoms with E-state index >= 15 is 0 Å². The van der Waals surface area contributed by atoms with Crippen molar-refractivity contribution in [2.75, 3.05) is 19.6 Å². The molecule has 1 aliphatic carbocycles. The number of aliphatic hydroxyl groups excluding tert-OH is 1. The van der Waals surface area contributed by atoms with Crippen LogP contribution >= 0.6 is 0 Å². The van der Waals surface area contributed by atoms with E-state index in [9.17, 15) is 5.11 Å². The van der Waals surface area contributed by atoms with Crippen LogP contribution in [0.15, 0.2) is 0 Å². The van der Waals surface area contributed by atoms with Gasteiger partial charge in [0.25, 0.3) is 0 Å². The summed E-state index contributed by atoms with van der Waals surface area (Å²) in [5.41, 5.74) is 6.49. The van der Waals surface area contributed by atoms with Crippen molar-refractivity contribution in [2.24, 2.45) is 23.0 Å². The molecular weight excluding hydrogens is 248 g/mol. The zero-order valence-electron chi connectivity index (χ0n) is 13.6. The Balaban J connectivity index is 2.03. The van der Waals surface area contributed by atoms with Crippen molar-refractivity contribution in [3.8, 4) is 0 Å². The standard InChI is InChI=1S/C17H34N2O/c1-4-17(2,3)14-6-5-13(12-18)16(11-14)19-9-7-15(20)8-10-19/h13-16,20H,4-12,18H2,1-3H3. The van der Waals surface area contributed by atoms with Gasteiger partial charge < -0.3 is 10.8 Å². The lowest BCUT2D eigenvalue weighted by Gasteiger charge is -2.48. The molecule has 118 valence electrons. The third kappa shape index (κ3) is 3.55. The van der Waals surface area contributed by atoms with E-state index in [-0.39, 0.29) is 6.10 Å². The predicted octanol–water partition coefficient (Wildman–Crippen LogP) is 2.62. The van der Waals surface area contributed by atoms with Crippen molar-refractivity contribution in [3.05, 3.63) is 0 Å². The number of hydrogen-bond acceptors (Lipinski definition) is 3. The summed E-state index contributed by atoms with van der Waals surface area (Å²) in [5, 5.41) is 9.72. The number of hydrogen-bond donors (Lipinski definition) is 2. The van der Waals surface area contributed by atoms with Gasteiger partial charge in [0, 0.05) is 19.1 Å². The van der Waals surface area contributed by atoms with E-state index in [0.29, 0.717) is 17.4 Å². The molecule has 1 heterocycles. The van der Waals surface area contributed by atoms with Crippen molar-refractivity contribution in [3.63, 3.8) is 0 Å². The number of aliphatic hydroxyl groups is 1. The first-order valence-electron chi connectivity index (χ1n) is 8.60. The van der Waals surface area contributed by atoms with Gasteiger partial charge in [-0.05, 0) is 55.9 Å². The van der Waals surface area contributed by atoms with Crippen LogP contribution < -0.4 is 5.73 Å². The molecule has 2 fully saturated rings. The number of nitrogens with zero attached hydrogens (tertiary/aromatic N) is 1. The first kappa shape index (κ1) is 16.3. The molecule has 2 aliphatic rings. The molecule has 0 bridgehead atoms. The van der Waals surface area contributed by atoms with Crippen molar-refractivity contribution in [2.45, 2.75) is 71.4 Å². The molecular formula is C17H34N2O. The maximum Gasteiger partial charge on any atom is 0.0564 e. The van der Waals surface area contributed by atoms with Gasteiger partial charge in [-0.15, -0.1) is 0 Å². The van der Waals surface area contributed by atoms with Gasteiger partial charge in [0.05, 0.1) is 6.10 Å². The fourth-order valence-electron chi connectivity index (χ4n) is 4.15. The largest absolute Gasteiger partial charge is 0.393 e. The molecule has 0 amide bonds. The molecule has 1 aliphatic heterocycles. The Labute approximate surface area is 124 Å². The molecule has 0 aromatic rings. The molecule has 0 radical (unpaired) electrons. The summed E-state index contributed by atoms with van der Waals surface area (Å²) < 4.78 is 0. The third-order valence-corrected chi connectivity index (χ3v) is 6.24. The average molecular weight is 282 g/mol. The molecule has 3 atom stereocenters. The van der Waals surface area contributed by atoms with E-state index < -0.39 is 0 Å². The first-order valence-corrected chi connectivity index (χ1v) is 8.60. The molecule has 0 aromatic carbocycles.